The van der Waals surface area contributed by atoms with Crippen LogP contribution in [-0.4, -0.2) is 26.6 Å². The fraction of sp³-hybridized carbons (Fsp3) is 0.190. The van der Waals surface area contributed by atoms with Gasteiger partial charge in [-0.15, -0.1) is 0 Å². The molecule has 0 N–H and O–H groups in total. The van der Waals surface area contributed by atoms with Gasteiger partial charge < -0.3 is 14.2 Å². The van der Waals surface area contributed by atoms with Gasteiger partial charge >= 0.3 is 0 Å². The fourth-order valence-electron chi connectivity index (χ4n) is 2.62. The molecule has 0 saturated carbocycles. The Labute approximate surface area is 146 Å². The molecule has 0 heterocycles. The number of hydrogen-bond donors (Lipinski definition) is 0. The molecular formula is C21H20O4. The number of hydrogen-bond acceptors (Lipinski definition) is 4. The minimum absolute atomic E-state index is 0.502. The number of methoxy groups -OCH3 is 1. The lowest BCUT2D eigenvalue weighted by atomic mass is 10.1. The molecule has 0 radical (unpaired) electrons. The fourth-order valence-corrected chi connectivity index (χ4v) is 2.62. The summed E-state index contributed by atoms with van der Waals surface area (Å²) in [5, 5.41) is 2.27. The predicted molar refractivity (Wildman–Crippen MR) is 97.9 cm³/mol. The van der Waals surface area contributed by atoms with Gasteiger partial charge in [-0.2, -0.15) is 0 Å². The number of ether oxygens (including phenoxy) is 3. The Balaban J connectivity index is 1.53. The van der Waals surface area contributed by atoms with E-state index in [9.17, 15) is 4.79 Å². The highest BCUT2D eigenvalue weighted by Crippen LogP contribution is 2.28. The summed E-state index contributed by atoms with van der Waals surface area (Å²) in [6, 6.07) is 19.3. The SMILES string of the molecule is COc1cc(C=O)ccc1OCCCOc1cccc2ccccc12. The number of rotatable bonds is 8. The van der Waals surface area contributed by atoms with Crippen LogP contribution in [0.4, 0.5) is 0 Å². The van der Waals surface area contributed by atoms with Crippen molar-refractivity contribution >= 4 is 17.1 Å². The Bertz CT molecular complexity index is 852. The van der Waals surface area contributed by atoms with Gasteiger partial charge in [-0.25, -0.2) is 0 Å². The van der Waals surface area contributed by atoms with Gasteiger partial charge in [-0.1, -0.05) is 36.4 Å². The van der Waals surface area contributed by atoms with Crippen molar-refractivity contribution in [2.24, 2.45) is 0 Å². The first-order chi connectivity index (χ1) is 12.3. The van der Waals surface area contributed by atoms with Crippen molar-refractivity contribution in [2.75, 3.05) is 20.3 Å². The molecule has 0 fully saturated rings. The van der Waals surface area contributed by atoms with E-state index in [0.717, 1.165) is 29.2 Å². The van der Waals surface area contributed by atoms with E-state index < -0.39 is 0 Å². The summed E-state index contributed by atoms with van der Waals surface area (Å²) in [5.74, 6) is 2.06. The zero-order valence-electron chi connectivity index (χ0n) is 14.1. The molecule has 128 valence electrons. The van der Waals surface area contributed by atoms with Gasteiger partial charge in [0.25, 0.3) is 0 Å². The molecule has 0 amide bonds. The zero-order valence-corrected chi connectivity index (χ0v) is 14.1. The molecule has 25 heavy (non-hydrogen) atoms. The van der Waals surface area contributed by atoms with E-state index in [1.54, 1.807) is 25.3 Å². The molecule has 3 rings (SSSR count). The van der Waals surface area contributed by atoms with Crippen molar-refractivity contribution in [1.29, 1.82) is 0 Å². The third-order valence-corrected chi connectivity index (χ3v) is 3.88. The molecule has 0 atom stereocenters. The Kier molecular flexibility index (Phi) is 5.52. The Morgan fingerprint density at radius 1 is 0.840 bits per heavy atom. The summed E-state index contributed by atoms with van der Waals surface area (Å²) in [5.41, 5.74) is 0.559. The van der Waals surface area contributed by atoms with E-state index in [-0.39, 0.29) is 0 Å². The molecule has 0 aromatic heterocycles. The molecule has 3 aromatic carbocycles. The van der Waals surface area contributed by atoms with Crippen LogP contribution in [0.1, 0.15) is 16.8 Å². The third kappa shape index (κ3) is 4.10. The predicted octanol–water partition coefficient (Wildman–Crippen LogP) is 4.51. The summed E-state index contributed by atoms with van der Waals surface area (Å²) in [6.07, 6.45) is 1.52. The largest absolute Gasteiger partial charge is 0.493 e. The van der Waals surface area contributed by atoms with E-state index in [1.165, 1.54) is 0 Å². The van der Waals surface area contributed by atoms with Gasteiger partial charge in [0.05, 0.1) is 20.3 Å². The first kappa shape index (κ1) is 16.8. The van der Waals surface area contributed by atoms with Crippen LogP contribution < -0.4 is 14.2 Å². The molecule has 4 nitrogen and oxygen atoms in total. The van der Waals surface area contributed by atoms with E-state index in [0.29, 0.717) is 30.3 Å². The first-order valence-corrected chi connectivity index (χ1v) is 8.18. The summed E-state index contributed by atoms with van der Waals surface area (Å²) in [4.78, 5) is 10.8. The maximum atomic E-state index is 10.8. The average Bonchev–Trinajstić information content (AvgIpc) is 2.68. The zero-order chi connectivity index (χ0) is 17.5. The standard InChI is InChI=1S/C21H20O4/c1-23-21-14-16(15-22)10-11-20(21)25-13-5-12-24-19-9-4-7-17-6-2-3-8-18(17)19/h2-4,6-11,14-15H,5,12-13H2,1H3. The molecular weight excluding hydrogens is 316 g/mol. The van der Waals surface area contributed by atoms with E-state index in [1.807, 2.05) is 24.3 Å². The second kappa shape index (κ2) is 8.20. The third-order valence-electron chi connectivity index (χ3n) is 3.88. The van der Waals surface area contributed by atoms with Crippen molar-refractivity contribution in [1.82, 2.24) is 0 Å². The van der Waals surface area contributed by atoms with E-state index in [2.05, 4.69) is 18.2 Å². The van der Waals surface area contributed by atoms with Gasteiger partial charge in [0.1, 0.15) is 12.0 Å². The maximum Gasteiger partial charge on any atom is 0.161 e. The highest BCUT2D eigenvalue weighted by Gasteiger charge is 2.06. The average molecular weight is 336 g/mol. The van der Waals surface area contributed by atoms with Gasteiger partial charge in [-0.3, -0.25) is 4.79 Å². The highest BCUT2D eigenvalue weighted by molar-refractivity contribution is 5.88. The highest BCUT2D eigenvalue weighted by atomic mass is 16.5. The van der Waals surface area contributed by atoms with Crippen LogP contribution in [0.2, 0.25) is 0 Å². The second-order valence-corrected chi connectivity index (χ2v) is 5.56. The van der Waals surface area contributed by atoms with Crippen molar-refractivity contribution < 1.29 is 19.0 Å². The minimum atomic E-state index is 0.502. The Morgan fingerprint density at radius 3 is 2.40 bits per heavy atom. The number of aldehydes is 1. The maximum absolute atomic E-state index is 10.8. The number of carbonyl (C=O) groups is 1. The molecule has 0 aliphatic carbocycles. The van der Waals surface area contributed by atoms with Gasteiger partial charge in [0, 0.05) is 17.4 Å². The Hall–Kier alpha value is -3.01. The summed E-state index contributed by atoms with van der Waals surface area (Å²) >= 11 is 0. The smallest absolute Gasteiger partial charge is 0.161 e. The molecule has 4 heteroatoms. The normalized spacial score (nSPS) is 10.4. The van der Waals surface area contributed by atoms with Crippen molar-refractivity contribution in [2.45, 2.75) is 6.42 Å². The van der Waals surface area contributed by atoms with Gasteiger partial charge in [0.2, 0.25) is 0 Å². The van der Waals surface area contributed by atoms with Crippen LogP contribution in [0, 0.1) is 0 Å². The second-order valence-electron chi connectivity index (χ2n) is 5.56. The van der Waals surface area contributed by atoms with Crippen LogP contribution in [-0.2, 0) is 0 Å². The van der Waals surface area contributed by atoms with Gasteiger partial charge in [-0.05, 0) is 29.7 Å². The summed E-state index contributed by atoms with van der Waals surface area (Å²) in [6.45, 7) is 1.06. The van der Waals surface area contributed by atoms with Crippen LogP contribution in [0.5, 0.6) is 17.2 Å². The topological polar surface area (TPSA) is 44.8 Å². The molecule has 0 saturated heterocycles. The number of carbonyl (C=O) groups excluding carboxylic acids is 1. The Morgan fingerprint density at radius 2 is 1.60 bits per heavy atom. The van der Waals surface area contributed by atoms with Crippen LogP contribution in [0.25, 0.3) is 10.8 Å². The van der Waals surface area contributed by atoms with Crippen molar-refractivity contribution in [3.63, 3.8) is 0 Å². The van der Waals surface area contributed by atoms with Gasteiger partial charge in [0.15, 0.2) is 11.5 Å². The molecule has 0 aliphatic rings. The lowest BCUT2D eigenvalue weighted by molar-refractivity contribution is 0.112. The van der Waals surface area contributed by atoms with Crippen LogP contribution >= 0.6 is 0 Å². The molecule has 0 bridgehead atoms. The number of benzene rings is 3. The molecule has 0 spiro atoms. The van der Waals surface area contributed by atoms with Crippen molar-refractivity contribution in [3.05, 3.63) is 66.2 Å². The van der Waals surface area contributed by atoms with Crippen molar-refractivity contribution in [3.8, 4) is 17.2 Å². The minimum Gasteiger partial charge on any atom is -0.493 e. The number of fused-ring (bicyclic) bond motifs is 1. The summed E-state index contributed by atoms with van der Waals surface area (Å²) in [7, 11) is 1.56. The lowest BCUT2D eigenvalue weighted by Crippen LogP contribution is -2.06. The van der Waals surface area contributed by atoms with Crippen LogP contribution in [0.3, 0.4) is 0 Å². The summed E-state index contributed by atoms with van der Waals surface area (Å²) < 4.78 is 16.9. The monoisotopic (exact) mass is 336 g/mol. The van der Waals surface area contributed by atoms with E-state index in [4.69, 9.17) is 14.2 Å². The first-order valence-electron chi connectivity index (χ1n) is 8.18. The molecule has 0 aliphatic heterocycles. The molecule has 0 unspecified atom stereocenters. The molecule has 3 aromatic rings. The quantitative estimate of drug-likeness (QED) is 0.448. The lowest BCUT2D eigenvalue weighted by Gasteiger charge is -2.12. The van der Waals surface area contributed by atoms with E-state index >= 15 is 0 Å². The van der Waals surface area contributed by atoms with Crippen LogP contribution in [0.15, 0.2) is 60.7 Å².